The molecule has 0 saturated heterocycles. The highest BCUT2D eigenvalue weighted by Crippen LogP contribution is 2.29. The number of ketones is 1. The van der Waals surface area contributed by atoms with Crippen molar-refractivity contribution in [1.82, 2.24) is 0 Å². The van der Waals surface area contributed by atoms with Crippen LogP contribution in [0.4, 0.5) is 5.69 Å². The Morgan fingerprint density at radius 3 is 2.29 bits per heavy atom. The monoisotopic (exact) mass is 329 g/mol. The topological polar surface area (TPSA) is 70.8 Å². The number of ether oxygens (including phenoxy) is 3. The first kappa shape index (κ1) is 17.7. The molecule has 5 heteroatoms. The third kappa shape index (κ3) is 3.79. The van der Waals surface area contributed by atoms with Gasteiger partial charge >= 0.3 is 0 Å². The molecule has 0 amide bonds. The summed E-state index contributed by atoms with van der Waals surface area (Å²) in [5.74, 6) is 1.47. The van der Waals surface area contributed by atoms with Crippen LogP contribution in [0.25, 0.3) is 0 Å². The second-order valence-electron chi connectivity index (χ2n) is 5.49. The van der Waals surface area contributed by atoms with Crippen molar-refractivity contribution in [3.05, 3.63) is 47.5 Å². The number of anilines is 1. The summed E-state index contributed by atoms with van der Waals surface area (Å²) in [5, 5.41) is 0. The first-order valence-corrected chi connectivity index (χ1v) is 7.79. The molecular formula is C19H23NO4. The van der Waals surface area contributed by atoms with Gasteiger partial charge in [0, 0.05) is 5.56 Å². The summed E-state index contributed by atoms with van der Waals surface area (Å²) in [6.07, 6.45) is -0.0892. The predicted octanol–water partition coefficient (Wildman–Crippen LogP) is 3.63. The van der Waals surface area contributed by atoms with E-state index in [1.165, 1.54) is 7.11 Å². The smallest absolute Gasteiger partial charge is 0.203 e. The Morgan fingerprint density at radius 1 is 1.04 bits per heavy atom. The Morgan fingerprint density at radius 2 is 1.71 bits per heavy atom. The maximum atomic E-state index is 12.8. The van der Waals surface area contributed by atoms with Crippen LogP contribution in [0.3, 0.4) is 0 Å². The molecule has 5 nitrogen and oxygen atoms in total. The van der Waals surface area contributed by atoms with E-state index in [9.17, 15) is 4.79 Å². The summed E-state index contributed by atoms with van der Waals surface area (Å²) in [4.78, 5) is 12.8. The van der Waals surface area contributed by atoms with Gasteiger partial charge in [0.2, 0.25) is 5.78 Å². The van der Waals surface area contributed by atoms with Crippen molar-refractivity contribution in [2.75, 3.05) is 20.0 Å². The molecule has 2 N–H and O–H groups in total. The molecule has 1 unspecified atom stereocenters. The van der Waals surface area contributed by atoms with Crippen molar-refractivity contribution in [2.24, 2.45) is 0 Å². The normalized spacial score (nSPS) is 11.7. The molecule has 0 fully saturated rings. The molecule has 0 spiro atoms. The Labute approximate surface area is 142 Å². The summed E-state index contributed by atoms with van der Waals surface area (Å²) in [7, 11) is 3.09. The summed E-state index contributed by atoms with van der Waals surface area (Å²) < 4.78 is 16.3. The Kier molecular flexibility index (Phi) is 5.68. The number of hydrogen-bond acceptors (Lipinski definition) is 5. The van der Waals surface area contributed by atoms with Gasteiger partial charge in [-0.1, -0.05) is 13.0 Å². The minimum absolute atomic E-state index is 0.126. The van der Waals surface area contributed by atoms with Crippen LogP contribution in [0.15, 0.2) is 36.4 Å². The molecule has 0 radical (unpaired) electrons. The summed E-state index contributed by atoms with van der Waals surface area (Å²) in [6, 6.07) is 10.6. The van der Waals surface area contributed by atoms with Crippen LogP contribution in [0.5, 0.6) is 17.2 Å². The SMILES string of the molecule is CCC(Oc1ccc(C)cc1N)C(=O)c1ccc(OC)c(OC)c1. The number of carbonyl (C=O) groups is 1. The lowest BCUT2D eigenvalue weighted by Crippen LogP contribution is -2.27. The number of nitrogen functional groups attached to an aromatic ring is 1. The maximum absolute atomic E-state index is 12.8. The van der Waals surface area contributed by atoms with E-state index in [2.05, 4.69) is 0 Å². The van der Waals surface area contributed by atoms with E-state index in [4.69, 9.17) is 19.9 Å². The fourth-order valence-corrected chi connectivity index (χ4v) is 2.43. The van der Waals surface area contributed by atoms with Crippen molar-refractivity contribution in [1.29, 1.82) is 0 Å². The first-order valence-electron chi connectivity index (χ1n) is 7.79. The quantitative estimate of drug-likeness (QED) is 0.620. The Bertz CT molecular complexity index is 727. The highest BCUT2D eigenvalue weighted by molar-refractivity contribution is 6.00. The standard InChI is InChI=1S/C19H23NO4/c1-5-15(24-16-8-6-12(2)10-14(16)20)19(21)13-7-9-17(22-3)18(11-13)23-4/h6-11,15H,5,20H2,1-4H3. The molecule has 0 heterocycles. The van der Waals surface area contributed by atoms with Crippen molar-refractivity contribution < 1.29 is 19.0 Å². The van der Waals surface area contributed by atoms with Gasteiger partial charge in [-0.3, -0.25) is 4.79 Å². The van der Waals surface area contributed by atoms with E-state index in [1.54, 1.807) is 31.4 Å². The second kappa shape index (κ2) is 7.73. The molecule has 1 atom stereocenters. The van der Waals surface area contributed by atoms with Gasteiger partial charge in [0.05, 0.1) is 19.9 Å². The third-order valence-electron chi connectivity index (χ3n) is 3.77. The molecule has 0 aliphatic heterocycles. The van der Waals surface area contributed by atoms with Crippen molar-refractivity contribution in [2.45, 2.75) is 26.4 Å². The molecular weight excluding hydrogens is 306 g/mol. The van der Waals surface area contributed by atoms with Gasteiger partial charge in [-0.05, 0) is 49.2 Å². The third-order valence-corrected chi connectivity index (χ3v) is 3.77. The lowest BCUT2D eigenvalue weighted by atomic mass is 10.0. The molecule has 2 aromatic carbocycles. The molecule has 2 rings (SSSR count). The number of nitrogens with two attached hydrogens (primary N) is 1. The van der Waals surface area contributed by atoms with Gasteiger partial charge in [-0.25, -0.2) is 0 Å². The van der Waals surface area contributed by atoms with Crippen LogP contribution in [-0.2, 0) is 0 Å². The van der Waals surface area contributed by atoms with Crippen LogP contribution >= 0.6 is 0 Å². The summed E-state index contributed by atoms with van der Waals surface area (Å²) in [6.45, 7) is 3.85. The molecule has 24 heavy (non-hydrogen) atoms. The molecule has 2 aromatic rings. The lowest BCUT2D eigenvalue weighted by molar-refractivity contribution is 0.0787. The average Bonchev–Trinajstić information content (AvgIpc) is 2.60. The molecule has 0 bridgehead atoms. The average molecular weight is 329 g/mol. The zero-order chi connectivity index (χ0) is 17.7. The zero-order valence-electron chi connectivity index (χ0n) is 14.5. The summed E-state index contributed by atoms with van der Waals surface area (Å²) >= 11 is 0. The highest BCUT2D eigenvalue weighted by Gasteiger charge is 2.22. The number of carbonyl (C=O) groups excluding carboxylic acids is 1. The van der Waals surface area contributed by atoms with Crippen molar-refractivity contribution in [3.63, 3.8) is 0 Å². The minimum atomic E-state index is -0.617. The van der Waals surface area contributed by atoms with E-state index in [0.29, 0.717) is 34.9 Å². The lowest BCUT2D eigenvalue weighted by Gasteiger charge is -2.18. The van der Waals surface area contributed by atoms with Gasteiger partial charge in [0.15, 0.2) is 17.6 Å². The highest BCUT2D eigenvalue weighted by atomic mass is 16.5. The van der Waals surface area contributed by atoms with Crippen molar-refractivity contribution in [3.8, 4) is 17.2 Å². The zero-order valence-corrected chi connectivity index (χ0v) is 14.5. The molecule has 0 saturated carbocycles. The Balaban J connectivity index is 2.25. The summed E-state index contributed by atoms with van der Waals surface area (Å²) in [5.41, 5.74) is 8.04. The number of Topliss-reactive ketones (excluding diaryl/α,β-unsaturated/α-hetero) is 1. The van der Waals surface area contributed by atoms with Gasteiger partial charge in [0.25, 0.3) is 0 Å². The fourth-order valence-electron chi connectivity index (χ4n) is 2.43. The Hall–Kier alpha value is -2.69. The molecule has 0 aliphatic carbocycles. The van der Waals surface area contributed by atoms with Crippen LogP contribution in [0.2, 0.25) is 0 Å². The van der Waals surface area contributed by atoms with Crippen LogP contribution in [-0.4, -0.2) is 26.1 Å². The first-order chi connectivity index (χ1) is 11.5. The predicted molar refractivity (Wildman–Crippen MR) is 94.2 cm³/mol. The van der Waals surface area contributed by atoms with E-state index in [1.807, 2.05) is 26.0 Å². The van der Waals surface area contributed by atoms with E-state index in [-0.39, 0.29) is 5.78 Å². The maximum Gasteiger partial charge on any atom is 0.203 e. The van der Waals surface area contributed by atoms with Gasteiger partial charge in [-0.2, -0.15) is 0 Å². The van der Waals surface area contributed by atoms with Crippen molar-refractivity contribution >= 4 is 11.5 Å². The fraction of sp³-hybridized carbons (Fsp3) is 0.316. The minimum Gasteiger partial charge on any atom is -0.493 e. The van der Waals surface area contributed by atoms with Crippen LogP contribution in [0, 0.1) is 6.92 Å². The number of aryl methyl sites for hydroxylation is 1. The van der Waals surface area contributed by atoms with E-state index >= 15 is 0 Å². The largest absolute Gasteiger partial charge is 0.493 e. The van der Waals surface area contributed by atoms with Crippen LogP contribution < -0.4 is 19.9 Å². The molecule has 0 aromatic heterocycles. The van der Waals surface area contributed by atoms with Crippen LogP contribution in [0.1, 0.15) is 29.3 Å². The number of benzene rings is 2. The van der Waals surface area contributed by atoms with E-state index < -0.39 is 6.10 Å². The van der Waals surface area contributed by atoms with Gasteiger partial charge in [-0.15, -0.1) is 0 Å². The van der Waals surface area contributed by atoms with Gasteiger partial charge < -0.3 is 19.9 Å². The van der Waals surface area contributed by atoms with E-state index in [0.717, 1.165) is 5.56 Å². The number of hydrogen-bond donors (Lipinski definition) is 1. The second-order valence-corrected chi connectivity index (χ2v) is 5.49. The number of rotatable bonds is 7. The molecule has 128 valence electrons. The molecule has 0 aliphatic rings. The van der Waals surface area contributed by atoms with Gasteiger partial charge in [0.1, 0.15) is 5.75 Å². The number of methoxy groups -OCH3 is 2.